The van der Waals surface area contributed by atoms with E-state index in [1.54, 1.807) is 25.4 Å². The van der Waals surface area contributed by atoms with Gasteiger partial charge in [0.05, 0.1) is 31.5 Å². The van der Waals surface area contributed by atoms with E-state index < -0.39 is 5.97 Å². The monoisotopic (exact) mass is 499 g/mol. The van der Waals surface area contributed by atoms with Crippen LogP contribution in [0.1, 0.15) is 39.5 Å². The number of esters is 1. The van der Waals surface area contributed by atoms with Gasteiger partial charge < -0.3 is 24.1 Å². The molecule has 0 bridgehead atoms. The Bertz CT molecular complexity index is 1370. The molecule has 0 aliphatic carbocycles. The van der Waals surface area contributed by atoms with Crippen molar-refractivity contribution >= 4 is 23.3 Å². The normalized spacial score (nSPS) is 17.1. The molecule has 0 spiro atoms. The van der Waals surface area contributed by atoms with Crippen LogP contribution in [0.3, 0.4) is 0 Å². The number of rotatable bonds is 7. The first-order valence-corrected chi connectivity index (χ1v) is 11.9. The number of carbonyl (C=O) groups is 1. The topological polar surface area (TPSA) is 76.8 Å². The van der Waals surface area contributed by atoms with Crippen molar-refractivity contribution in [3.63, 3.8) is 0 Å². The second-order valence-electron chi connectivity index (χ2n) is 8.34. The number of pyridine rings is 1. The fourth-order valence-electron chi connectivity index (χ4n) is 4.45. The van der Waals surface area contributed by atoms with Crippen LogP contribution >= 0.6 is 12.2 Å². The predicted molar refractivity (Wildman–Crippen MR) is 139 cm³/mol. The SMILES string of the molecule is COC(=O)c1ccccc1-c1ccc([C@@H]2[C@@H](c3ccccn3)NC(=S)N2Cc2ccc(OC)cc2)o1. The molecule has 0 amide bonds. The molecule has 182 valence electrons. The van der Waals surface area contributed by atoms with E-state index in [0.717, 1.165) is 17.0 Å². The summed E-state index contributed by atoms with van der Waals surface area (Å²) >= 11 is 5.77. The average molecular weight is 500 g/mol. The first kappa shape index (κ1) is 23.6. The molecule has 4 aromatic rings. The van der Waals surface area contributed by atoms with E-state index in [1.165, 1.54) is 7.11 Å². The zero-order valence-electron chi connectivity index (χ0n) is 19.9. The number of furan rings is 1. The Labute approximate surface area is 214 Å². The summed E-state index contributed by atoms with van der Waals surface area (Å²) < 4.78 is 16.7. The van der Waals surface area contributed by atoms with E-state index in [-0.39, 0.29) is 12.1 Å². The molecule has 1 fully saturated rings. The first-order chi connectivity index (χ1) is 17.6. The van der Waals surface area contributed by atoms with Gasteiger partial charge in [0, 0.05) is 18.3 Å². The number of methoxy groups -OCH3 is 2. The van der Waals surface area contributed by atoms with Crippen molar-refractivity contribution in [3.05, 3.63) is 108 Å². The van der Waals surface area contributed by atoms with Crippen LogP contribution in [-0.2, 0) is 11.3 Å². The van der Waals surface area contributed by atoms with Gasteiger partial charge in [-0.3, -0.25) is 4.98 Å². The second-order valence-corrected chi connectivity index (χ2v) is 8.73. The van der Waals surface area contributed by atoms with Gasteiger partial charge in [0.25, 0.3) is 0 Å². The first-order valence-electron chi connectivity index (χ1n) is 11.5. The fraction of sp³-hybridized carbons (Fsp3) is 0.179. The van der Waals surface area contributed by atoms with Crippen LogP contribution in [0.5, 0.6) is 5.75 Å². The summed E-state index contributed by atoms with van der Waals surface area (Å²) in [5.74, 6) is 1.66. The quantitative estimate of drug-likeness (QED) is 0.271. The minimum atomic E-state index is -0.417. The Morgan fingerprint density at radius 3 is 2.53 bits per heavy atom. The van der Waals surface area contributed by atoms with Gasteiger partial charge in [0.15, 0.2) is 5.11 Å². The minimum Gasteiger partial charge on any atom is -0.497 e. The summed E-state index contributed by atoms with van der Waals surface area (Å²) in [5, 5.41) is 4.05. The molecule has 1 aliphatic heterocycles. The Morgan fingerprint density at radius 1 is 1.03 bits per heavy atom. The lowest BCUT2D eigenvalue weighted by molar-refractivity contribution is 0.0601. The largest absolute Gasteiger partial charge is 0.497 e. The van der Waals surface area contributed by atoms with Crippen molar-refractivity contribution < 1.29 is 18.7 Å². The Morgan fingerprint density at radius 2 is 1.81 bits per heavy atom. The van der Waals surface area contributed by atoms with E-state index in [2.05, 4.69) is 15.2 Å². The lowest BCUT2D eigenvalue weighted by Gasteiger charge is -2.26. The Hall–Kier alpha value is -4.17. The van der Waals surface area contributed by atoms with Crippen LogP contribution in [0.15, 0.2) is 89.5 Å². The molecule has 5 rings (SSSR count). The molecule has 1 aliphatic rings. The number of carbonyl (C=O) groups excluding carboxylic acids is 1. The van der Waals surface area contributed by atoms with Gasteiger partial charge in [-0.15, -0.1) is 0 Å². The summed E-state index contributed by atoms with van der Waals surface area (Å²) in [6.45, 7) is 0.568. The maximum absolute atomic E-state index is 12.3. The summed E-state index contributed by atoms with van der Waals surface area (Å²) in [7, 11) is 3.02. The molecule has 0 unspecified atom stereocenters. The van der Waals surface area contributed by atoms with E-state index in [4.69, 9.17) is 26.1 Å². The molecular weight excluding hydrogens is 474 g/mol. The van der Waals surface area contributed by atoms with Gasteiger partial charge >= 0.3 is 5.97 Å². The van der Waals surface area contributed by atoms with Gasteiger partial charge in [-0.2, -0.15) is 0 Å². The molecule has 1 saturated heterocycles. The highest BCUT2D eigenvalue weighted by Crippen LogP contribution is 2.41. The molecule has 2 aromatic carbocycles. The summed E-state index contributed by atoms with van der Waals surface area (Å²) in [6.07, 6.45) is 1.77. The average Bonchev–Trinajstić information content (AvgIpc) is 3.54. The van der Waals surface area contributed by atoms with Crippen LogP contribution in [0.2, 0.25) is 0 Å². The molecular formula is C28H25N3O4S. The van der Waals surface area contributed by atoms with Crippen molar-refractivity contribution in [2.24, 2.45) is 0 Å². The molecule has 8 heteroatoms. The van der Waals surface area contributed by atoms with Crippen LogP contribution < -0.4 is 10.1 Å². The highest BCUT2D eigenvalue weighted by molar-refractivity contribution is 7.80. The van der Waals surface area contributed by atoms with Gasteiger partial charge in [0.1, 0.15) is 23.3 Å². The molecule has 2 atom stereocenters. The van der Waals surface area contributed by atoms with Crippen LogP contribution in [0.25, 0.3) is 11.3 Å². The number of benzene rings is 2. The number of ether oxygens (including phenoxy) is 2. The van der Waals surface area contributed by atoms with Crippen molar-refractivity contribution in [1.82, 2.24) is 15.2 Å². The summed E-state index contributed by atoms with van der Waals surface area (Å²) in [4.78, 5) is 19.0. The van der Waals surface area contributed by atoms with Gasteiger partial charge in [-0.25, -0.2) is 4.79 Å². The van der Waals surface area contributed by atoms with Crippen LogP contribution in [0.4, 0.5) is 0 Å². The lowest BCUT2D eigenvalue weighted by Crippen LogP contribution is -2.29. The van der Waals surface area contributed by atoms with Crippen molar-refractivity contribution in [1.29, 1.82) is 0 Å². The van der Waals surface area contributed by atoms with E-state index in [9.17, 15) is 4.79 Å². The maximum Gasteiger partial charge on any atom is 0.338 e. The minimum absolute atomic E-state index is 0.216. The third-order valence-electron chi connectivity index (χ3n) is 6.23. The van der Waals surface area contributed by atoms with Crippen LogP contribution in [-0.4, -0.2) is 35.2 Å². The number of hydrogen-bond donors (Lipinski definition) is 1. The van der Waals surface area contributed by atoms with Gasteiger partial charge in [0.2, 0.25) is 0 Å². The van der Waals surface area contributed by atoms with Crippen LogP contribution in [0, 0.1) is 0 Å². The molecule has 7 nitrogen and oxygen atoms in total. The van der Waals surface area contributed by atoms with Crippen molar-refractivity contribution in [3.8, 4) is 17.1 Å². The summed E-state index contributed by atoms with van der Waals surface area (Å²) in [5.41, 5.74) is 3.04. The van der Waals surface area contributed by atoms with Crippen molar-refractivity contribution in [2.75, 3.05) is 14.2 Å². The smallest absolute Gasteiger partial charge is 0.338 e. The maximum atomic E-state index is 12.3. The third-order valence-corrected chi connectivity index (χ3v) is 6.58. The molecule has 36 heavy (non-hydrogen) atoms. The van der Waals surface area contributed by atoms with Crippen molar-refractivity contribution in [2.45, 2.75) is 18.6 Å². The van der Waals surface area contributed by atoms with Gasteiger partial charge in [-0.1, -0.05) is 36.4 Å². The fourth-order valence-corrected chi connectivity index (χ4v) is 4.76. The predicted octanol–water partition coefficient (Wildman–Crippen LogP) is 5.31. The zero-order valence-corrected chi connectivity index (χ0v) is 20.7. The number of aromatic nitrogens is 1. The standard InChI is InChI=1S/C28H25N3O4S/c1-33-19-12-10-18(11-13-19)17-31-26(25(30-28(31)36)22-9-5-6-16-29-22)24-15-14-23(35-24)20-7-3-4-8-21(20)27(32)34-2/h3-16,25-26H,17H2,1-2H3,(H,30,36)/t25-,26-/m1/s1. The lowest BCUT2D eigenvalue weighted by atomic mass is 10.0. The third kappa shape index (κ3) is 4.55. The van der Waals surface area contributed by atoms with Gasteiger partial charge in [-0.05, 0) is 60.2 Å². The molecule has 0 radical (unpaired) electrons. The number of hydrogen-bond acceptors (Lipinski definition) is 6. The summed E-state index contributed by atoms with van der Waals surface area (Å²) in [6, 6.07) is 24.3. The Kier molecular flexibility index (Phi) is 6.69. The highest BCUT2D eigenvalue weighted by atomic mass is 32.1. The Balaban J connectivity index is 1.53. The number of nitrogens with zero attached hydrogens (tertiary/aromatic N) is 2. The molecule has 1 N–H and O–H groups in total. The molecule has 3 heterocycles. The molecule has 2 aromatic heterocycles. The van der Waals surface area contributed by atoms with E-state index in [0.29, 0.717) is 34.3 Å². The zero-order chi connectivity index (χ0) is 25.1. The number of nitrogens with one attached hydrogen (secondary N) is 1. The number of thiocarbonyl (C=S) groups is 1. The highest BCUT2D eigenvalue weighted by Gasteiger charge is 2.41. The molecule has 0 saturated carbocycles. The second kappa shape index (κ2) is 10.2. The van der Waals surface area contributed by atoms with E-state index >= 15 is 0 Å². The van der Waals surface area contributed by atoms with E-state index in [1.807, 2.05) is 66.7 Å².